The van der Waals surface area contributed by atoms with Gasteiger partial charge in [0.2, 0.25) is 0 Å². The zero-order valence-corrected chi connectivity index (χ0v) is 12.4. The molecule has 2 N–H and O–H groups in total. The molecule has 2 unspecified atom stereocenters. The molecule has 0 spiro atoms. The molecule has 110 valence electrons. The van der Waals surface area contributed by atoms with Crippen molar-refractivity contribution in [3.63, 3.8) is 0 Å². The van der Waals surface area contributed by atoms with Crippen molar-refractivity contribution in [1.82, 2.24) is 5.32 Å². The molecule has 1 aliphatic carbocycles. The van der Waals surface area contributed by atoms with Crippen LogP contribution >= 0.6 is 0 Å². The summed E-state index contributed by atoms with van der Waals surface area (Å²) in [7, 11) is 0. The molecule has 2 atom stereocenters. The third-order valence-electron chi connectivity index (χ3n) is 4.41. The number of aryl methyl sites for hydroxylation is 1. The zero-order chi connectivity index (χ0) is 15.0. The van der Waals surface area contributed by atoms with Crippen molar-refractivity contribution >= 4 is 0 Å². The lowest BCUT2D eigenvalue weighted by molar-refractivity contribution is 0.443. The molecule has 0 radical (unpaired) electrons. The number of hydrogen-bond donors (Lipinski definition) is 2. The maximum atomic E-state index is 13.7. The van der Waals surface area contributed by atoms with E-state index in [1.807, 2.05) is 12.1 Å². The molecule has 0 saturated heterocycles. The van der Waals surface area contributed by atoms with Crippen LogP contribution in [0, 0.1) is 12.7 Å². The fraction of sp³-hybridized carbons (Fsp3) is 0.333. The number of benzene rings is 2. The minimum absolute atomic E-state index is 0.0782. The number of phenolic OH excluding ortho intramolecular Hbond substituents is 1. The Morgan fingerprint density at radius 2 is 1.95 bits per heavy atom. The largest absolute Gasteiger partial charge is 0.508 e. The third kappa shape index (κ3) is 2.54. The van der Waals surface area contributed by atoms with E-state index in [-0.39, 0.29) is 11.9 Å². The van der Waals surface area contributed by atoms with E-state index in [2.05, 4.69) is 19.2 Å². The van der Waals surface area contributed by atoms with E-state index in [1.54, 1.807) is 18.2 Å². The highest BCUT2D eigenvalue weighted by atomic mass is 19.1. The van der Waals surface area contributed by atoms with Crippen molar-refractivity contribution in [1.29, 1.82) is 0 Å². The molecule has 0 aliphatic heterocycles. The Balaban J connectivity index is 1.84. The van der Waals surface area contributed by atoms with Crippen LogP contribution in [0.25, 0.3) is 0 Å². The Hall–Kier alpha value is -1.87. The normalized spacial score (nSPS) is 20.5. The van der Waals surface area contributed by atoms with Gasteiger partial charge in [0.05, 0.1) is 0 Å². The van der Waals surface area contributed by atoms with Gasteiger partial charge in [-0.3, -0.25) is 0 Å². The summed E-state index contributed by atoms with van der Waals surface area (Å²) in [6.45, 7) is 4.72. The molecule has 2 aromatic carbocycles. The monoisotopic (exact) mass is 285 g/mol. The topological polar surface area (TPSA) is 32.3 Å². The van der Waals surface area contributed by atoms with Gasteiger partial charge in [-0.05, 0) is 42.5 Å². The Morgan fingerprint density at radius 1 is 1.19 bits per heavy atom. The van der Waals surface area contributed by atoms with Crippen LogP contribution in [0.2, 0.25) is 0 Å². The lowest BCUT2D eigenvalue weighted by Gasteiger charge is -2.16. The maximum absolute atomic E-state index is 13.7. The second-order valence-corrected chi connectivity index (χ2v) is 5.89. The fourth-order valence-electron chi connectivity index (χ4n) is 3.40. The molecular weight excluding hydrogens is 265 g/mol. The molecule has 2 aromatic rings. The fourth-order valence-corrected chi connectivity index (χ4v) is 3.40. The smallest absolute Gasteiger partial charge is 0.127 e. The van der Waals surface area contributed by atoms with Gasteiger partial charge in [-0.15, -0.1) is 0 Å². The van der Waals surface area contributed by atoms with Crippen molar-refractivity contribution in [3.8, 4) is 5.75 Å². The van der Waals surface area contributed by atoms with Gasteiger partial charge in [-0.2, -0.15) is 0 Å². The van der Waals surface area contributed by atoms with Crippen LogP contribution in [0.5, 0.6) is 5.75 Å². The number of nitrogens with one attached hydrogen (secondary N) is 1. The highest BCUT2D eigenvalue weighted by Crippen LogP contribution is 2.45. The number of rotatable bonds is 3. The molecule has 0 bridgehead atoms. The summed E-state index contributed by atoms with van der Waals surface area (Å²) < 4.78 is 13.7. The Kier molecular flexibility index (Phi) is 3.68. The third-order valence-corrected chi connectivity index (χ3v) is 4.41. The van der Waals surface area contributed by atoms with Crippen LogP contribution in [-0.2, 0) is 6.54 Å². The summed E-state index contributed by atoms with van der Waals surface area (Å²) in [4.78, 5) is 0. The van der Waals surface area contributed by atoms with Crippen LogP contribution in [0.1, 0.15) is 47.6 Å². The predicted molar refractivity (Wildman–Crippen MR) is 81.9 cm³/mol. The molecule has 21 heavy (non-hydrogen) atoms. The molecule has 0 aromatic heterocycles. The second-order valence-electron chi connectivity index (χ2n) is 5.89. The summed E-state index contributed by atoms with van der Waals surface area (Å²) in [6, 6.07) is 10.6. The molecule has 0 amide bonds. The minimum Gasteiger partial charge on any atom is -0.508 e. The molecule has 1 aliphatic rings. The van der Waals surface area contributed by atoms with Crippen LogP contribution in [0.4, 0.5) is 4.39 Å². The van der Waals surface area contributed by atoms with Crippen LogP contribution in [0.3, 0.4) is 0 Å². The number of phenols is 1. The standard InChI is InChI=1S/C18H20FNO/c1-11-7-8-16(21)18-15(9-12(2)17(11)18)20-10-13-5-3-4-6-14(13)19/h3-8,12,15,20-21H,9-10H2,1-2H3. The zero-order valence-electron chi connectivity index (χ0n) is 12.4. The molecule has 0 heterocycles. The van der Waals surface area contributed by atoms with E-state index < -0.39 is 0 Å². The molecule has 2 nitrogen and oxygen atoms in total. The van der Waals surface area contributed by atoms with Gasteiger partial charge in [0.1, 0.15) is 11.6 Å². The van der Waals surface area contributed by atoms with Gasteiger partial charge in [-0.1, -0.05) is 31.2 Å². The van der Waals surface area contributed by atoms with E-state index in [0.29, 0.717) is 23.8 Å². The molecule has 0 saturated carbocycles. The lowest BCUT2D eigenvalue weighted by atomic mass is 9.97. The van der Waals surface area contributed by atoms with Gasteiger partial charge in [0.15, 0.2) is 0 Å². The molecule has 3 rings (SSSR count). The number of halogens is 1. The van der Waals surface area contributed by atoms with Gasteiger partial charge in [0.25, 0.3) is 0 Å². The van der Waals surface area contributed by atoms with E-state index in [0.717, 1.165) is 12.0 Å². The summed E-state index contributed by atoms with van der Waals surface area (Å²) in [5.74, 6) is 0.556. The van der Waals surface area contributed by atoms with Crippen molar-refractivity contribution in [2.75, 3.05) is 0 Å². The van der Waals surface area contributed by atoms with Crippen molar-refractivity contribution < 1.29 is 9.50 Å². The summed E-state index contributed by atoms with van der Waals surface area (Å²) in [6.07, 6.45) is 0.933. The van der Waals surface area contributed by atoms with E-state index in [9.17, 15) is 9.50 Å². The summed E-state index contributed by atoms with van der Waals surface area (Å²) >= 11 is 0. The first kappa shape index (κ1) is 14.1. The quantitative estimate of drug-likeness (QED) is 0.886. The SMILES string of the molecule is Cc1ccc(O)c2c1C(C)CC2NCc1ccccc1F. The first-order valence-electron chi connectivity index (χ1n) is 7.37. The van der Waals surface area contributed by atoms with Crippen LogP contribution < -0.4 is 5.32 Å². The Bertz CT molecular complexity index is 668. The minimum atomic E-state index is -0.190. The predicted octanol–water partition coefficient (Wildman–Crippen LogP) is 4.18. The number of aromatic hydroxyl groups is 1. The lowest BCUT2D eigenvalue weighted by Crippen LogP contribution is -2.19. The van der Waals surface area contributed by atoms with Gasteiger partial charge >= 0.3 is 0 Å². The van der Waals surface area contributed by atoms with Gasteiger partial charge in [-0.25, -0.2) is 4.39 Å². The van der Waals surface area contributed by atoms with Gasteiger partial charge < -0.3 is 10.4 Å². The maximum Gasteiger partial charge on any atom is 0.127 e. The average Bonchev–Trinajstić information content (AvgIpc) is 2.80. The van der Waals surface area contributed by atoms with E-state index in [1.165, 1.54) is 17.2 Å². The highest BCUT2D eigenvalue weighted by Gasteiger charge is 2.31. The first-order chi connectivity index (χ1) is 10.1. The number of hydrogen-bond acceptors (Lipinski definition) is 2. The second kappa shape index (κ2) is 5.49. The van der Waals surface area contributed by atoms with Crippen molar-refractivity contribution in [2.24, 2.45) is 0 Å². The number of fused-ring (bicyclic) bond motifs is 1. The van der Waals surface area contributed by atoms with E-state index >= 15 is 0 Å². The Labute approximate surface area is 124 Å². The summed E-state index contributed by atoms with van der Waals surface area (Å²) in [5.41, 5.74) is 4.09. The van der Waals surface area contributed by atoms with Gasteiger partial charge in [0, 0.05) is 23.7 Å². The molecular formula is C18H20FNO. The van der Waals surface area contributed by atoms with E-state index in [4.69, 9.17) is 0 Å². The van der Waals surface area contributed by atoms with Crippen molar-refractivity contribution in [2.45, 2.75) is 38.8 Å². The summed E-state index contributed by atoms with van der Waals surface area (Å²) in [5, 5.41) is 13.6. The average molecular weight is 285 g/mol. The van der Waals surface area contributed by atoms with Crippen LogP contribution in [0.15, 0.2) is 36.4 Å². The van der Waals surface area contributed by atoms with Crippen molar-refractivity contribution in [3.05, 3.63) is 64.5 Å². The molecule has 0 fully saturated rings. The molecule has 3 heteroatoms. The highest BCUT2D eigenvalue weighted by molar-refractivity contribution is 5.50. The Morgan fingerprint density at radius 3 is 2.71 bits per heavy atom. The first-order valence-corrected chi connectivity index (χ1v) is 7.37. The van der Waals surface area contributed by atoms with Crippen LogP contribution in [-0.4, -0.2) is 5.11 Å².